The highest BCUT2D eigenvalue weighted by Gasteiger charge is 2.15. The van der Waals surface area contributed by atoms with Crippen molar-refractivity contribution in [1.29, 1.82) is 0 Å². The Kier molecular flexibility index (Phi) is 6.83. The molecule has 130 valence electrons. The first-order valence-electron chi connectivity index (χ1n) is 7.44. The van der Waals surface area contributed by atoms with Crippen molar-refractivity contribution >= 4 is 21.8 Å². The molecule has 0 aliphatic carbocycles. The van der Waals surface area contributed by atoms with E-state index in [0.29, 0.717) is 19.6 Å². The smallest absolute Gasteiger partial charge is 0.407 e. The van der Waals surface area contributed by atoms with Crippen LogP contribution in [0.2, 0.25) is 0 Å². The van der Waals surface area contributed by atoms with E-state index in [-0.39, 0.29) is 4.90 Å². The topological polar surface area (TPSA) is 96.5 Å². The van der Waals surface area contributed by atoms with Crippen LogP contribution in [0.4, 0.5) is 10.5 Å². The summed E-state index contributed by atoms with van der Waals surface area (Å²) in [6, 6.07) is 6.42. The van der Waals surface area contributed by atoms with Gasteiger partial charge in [0.2, 0.25) is 10.0 Å². The molecular formula is C15H25N3O4S. The van der Waals surface area contributed by atoms with Crippen LogP contribution in [0.1, 0.15) is 27.7 Å². The van der Waals surface area contributed by atoms with E-state index in [1.165, 1.54) is 12.1 Å². The van der Waals surface area contributed by atoms with E-state index in [9.17, 15) is 13.2 Å². The fourth-order valence-corrected chi connectivity index (χ4v) is 2.75. The number of hydrogen-bond donors (Lipinski definition) is 3. The van der Waals surface area contributed by atoms with E-state index in [1.807, 2.05) is 0 Å². The van der Waals surface area contributed by atoms with Gasteiger partial charge in [0.25, 0.3) is 0 Å². The molecule has 0 saturated carbocycles. The average Bonchev–Trinajstić information content (AvgIpc) is 2.42. The molecule has 0 fully saturated rings. The van der Waals surface area contributed by atoms with Crippen LogP contribution >= 0.6 is 0 Å². The first kappa shape index (κ1) is 19.2. The van der Waals surface area contributed by atoms with E-state index in [0.717, 1.165) is 5.69 Å². The second-order valence-electron chi connectivity index (χ2n) is 5.88. The number of alkyl carbamates (subject to hydrolysis) is 1. The molecule has 0 aliphatic heterocycles. The standard InChI is InChI=1S/C15H25N3O4S/c1-5-18-23(20,21)13-8-6-12(7-9-13)16-10-11-17-14(19)22-15(2,3)4/h6-9,16,18H,5,10-11H2,1-4H3,(H,17,19). The second kappa shape index (κ2) is 8.16. The molecule has 0 unspecified atom stereocenters. The Balaban J connectivity index is 2.41. The number of nitrogens with one attached hydrogen (secondary N) is 3. The van der Waals surface area contributed by atoms with Gasteiger partial charge in [0.1, 0.15) is 5.60 Å². The first-order chi connectivity index (χ1) is 10.6. The molecule has 0 atom stereocenters. The van der Waals surface area contributed by atoms with Crippen molar-refractivity contribution in [2.45, 2.75) is 38.2 Å². The van der Waals surface area contributed by atoms with Crippen molar-refractivity contribution in [1.82, 2.24) is 10.0 Å². The Bertz CT molecular complexity index is 607. The molecule has 0 spiro atoms. The predicted molar refractivity (Wildman–Crippen MR) is 90.0 cm³/mol. The van der Waals surface area contributed by atoms with Crippen molar-refractivity contribution in [3.8, 4) is 0 Å². The van der Waals surface area contributed by atoms with Gasteiger partial charge in [0, 0.05) is 25.3 Å². The van der Waals surface area contributed by atoms with E-state index in [2.05, 4.69) is 15.4 Å². The Labute approximate surface area is 137 Å². The average molecular weight is 343 g/mol. The zero-order valence-electron chi connectivity index (χ0n) is 14.0. The minimum atomic E-state index is -3.43. The molecule has 0 radical (unpaired) electrons. The van der Waals surface area contributed by atoms with Crippen LogP contribution in [0.15, 0.2) is 29.2 Å². The third kappa shape index (κ3) is 7.34. The number of rotatable bonds is 7. The van der Waals surface area contributed by atoms with Gasteiger partial charge in [-0.25, -0.2) is 17.9 Å². The lowest BCUT2D eigenvalue weighted by atomic mass is 10.2. The summed E-state index contributed by atoms with van der Waals surface area (Å²) in [7, 11) is -3.43. The summed E-state index contributed by atoms with van der Waals surface area (Å²) in [5.41, 5.74) is 0.247. The molecule has 0 aliphatic rings. The van der Waals surface area contributed by atoms with Crippen LogP contribution in [-0.4, -0.2) is 39.7 Å². The normalized spacial score (nSPS) is 11.8. The van der Waals surface area contributed by atoms with Gasteiger partial charge >= 0.3 is 6.09 Å². The predicted octanol–water partition coefficient (Wildman–Crippen LogP) is 1.92. The lowest BCUT2D eigenvalue weighted by molar-refractivity contribution is 0.0530. The molecule has 8 heteroatoms. The fourth-order valence-electron chi connectivity index (χ4n) is 1.71. The van der Waals surface area contributed by atoms with Gasteiger partial charge in [-0.05, 0) is 45.0 Å². The zero-order chi connectivity index (χ0) is 17.5. The molecule has 1 amide bonds. The van der Waals surface area contributed by atoms with Crippen LogP contribution in [0.25, 0.3) is 0 Å². The van der Waals surface area contributed by atoms with Crippen LogP contribution < -0.4 is 15.4 Å². The summed E-state index contributed by atoms with van der Waals surface area (Å²) in [6.07, 6.45) is -0.466. The summed E-state index contributed by atoms with van der Waals surface area (Å²) in [5, 5.41) is 5.72. The van der Waals surface area contributed by atoms with Crippen molar-refractivity contribution < 1.29 is 17.9 Å². The SMILES string of the molecule is CCNS(=O)(=O)c1ccc(NCCNC(=O)OC(C)(C)C)cc1. The Morgan fingerprint density at radius 1 is 1.13 bits per heavy atom. The maximum atomic E-state index is 11.8. The number of carbonyl (C=O) groups excluding carboxylic acids is 1. The largest absolute Gasteiger partial charge is 0.444 e. The quantitative estimate of drug-likeness (QED) is 0.657. The van der Waals surface area contributed by atoms with Crippen molar-refractivity contribution in [2.24, 2.45) is 0 Å². The minimum Gasteiger partial charge on any atom is -0.444 e. The third-order valence-electron chi connectivity index (χ3n) is 2.62. The number of anilines is 1. The highest BCUT2D eigenvalue weighted by Crippen LogP contribution is 2.13. The monoisotopic (exact) mass is 343 g/mol. The zero-order valence-corrected chi connectivity index (χ0v) is 14.8. The summed E-state index contributed by atoms with van der Waals surface area (Å²) in [4.78, 5) is 11.7. The molecule has 7 nitrogen and oxygen atoms in total. The molecular weight excluding hydrogens is 318 g/mol. The Morgan fingerprint density at radius 3 is 2.26 bits per heavy atom. The van der Waals surface area contributed by atoms with Crippen molar-refractivity contribution in [3.05, 3.63) is 24.3 Å². The molecule has 0 heterocycles. The van der Waals surface area contributed by atoms with E-state index in [1.54, 1.807) is 39.8 Å². The number of carbonyl (C=O) groups is 1. The highest BCUT2D eigenvalue weighted by atomic mass is 32.2. The highest BCUT2D eigenvalue weighted by molar-refractivity contribution is 7.89. The van der Waals surface area contributed by atoms with Crippen LogP contribution in [0, 0.1) is 0 Å². The number of benzene rings is 1. The van der Waals surface area contributed by atoms with Gasteiger partial charge in [-0.1, -0.05) is 6.92 Å². The summed E-state index contributed by atoms with van der Waals surface area (Å²) < 4.78 is 31.1. The molecule has 0 aromatic heterocycles. The van der Waals surface area contributed by atoms with Crippen LogP contribution in [0.5, 0.6) is 0 Å². The third-order valence-corrected chi connectivity index (χ3v) is 4.18. The maximum Gasteiger partial charge on any atom is 0.407 e. The number of ether oxygens (including phenoxy) is 1. The Morgan fingerprint density at radius 2 is 1.74 bits per heavy atom. The van der Waals surface area contributed by atoms with Gasteiger partial charge in [-0.3, -0.25) is 0 Å². The minimum absolute atomic E-state index is 0.219. The molecule has 0 bridgehead atoms. The van der Waals surface area contributed by atoms with E-state index >= 15 is 0 Å². The molecule has 1 rings (SSSR count). The summed E-state index contributed by atoms with van der Waals surface area (Å²) in [5.74, 6) is 0. The van der Waals surface area contributed by atoms with Gasteiger partial charge in [0.15, 0.2) is 0 Å². The summed E-state index contributed by atoms with van der Waals surface area (Å²) in [6.45, 7) is 8.37. The van der Waals surface area contributed by atoms with Crippen molar-refractivity contribution in [2.75, 3.05) is 25.0 Å². The number of amides is 1. The van der Waals surface area contributed by atoms with Gasteiger partial charge in [-0.15, -0.1) is 0 Å². The van der Waals surface area contributed by atoms with Crippen molar-refractivity contribution in [3.63, 3.8) is 0 Å². The van der Waals surface area contributed by atoms with Gasteiger partial charge < -0.3 is 15.4 Å². The molecule has 0 saturated heterocycles. The number of sulfonamides is 1. The van der Waals surface area contributed by atoms with Gasteiger partial charge in [0.05, 0.1) is 4.90 Å². The Hall–Kier alpha value is -1.80. The lowest BCUT2D eigenvalue weighted by Crippen LogP contribution is -2.35. The lowest BCUT2D eigenvalue weighted by Gasteiger charge is -2.19. The first-order valence-corrected chi connectivity index (χ1v) is 8.93. The van der Waals surface area contributed by atoms with Crippen LogP contribution in [0.3, 0.4) is 0 Å². The second-order valence-corrected chi connectivity index (χ2v) is 7.65. The summed E-state index contributed by atoms with van der Waals surface area (Å²) >= 11 is 0. The molecule has 23 heavy (non-hydrogen) atoms. The van der Waals surface area contributed by atoms with Crippen LogP contribution in [-0.2, 0) is 14.8 Å². The maximum absolute atomic E-state index is 11.8. The molecule has 1 aromatic rings. The van der Waals surface area contributed by atoms with E-state index < -0.39 is 21.7 Å². The number of hydrogen-bond acceptors (Lipinski definition) is 5. The van der Waals surface area contributed by atoms with Gasteiger partial charge in [-0.2, -0.15) is 0 Å². The molecule has 3 N–H and O–H groups in total. The van der Waals surface area contributed by atoms with E-state index in [4.69, 9.17) is 4.74 Å². The molecule has 1 aromatic carbocycles. The fraction of sp³-hybridized carbons (Fsp3) is 0.533.